The molecule has 2 N–H and O–H groups in total. The lowest BCUT2D eigenvalue weighted by Crippen LogP contribution is -2.50. The first-order valence-electron chi connectivity index (χ1n) is 10.0. The van der Waals surface area contributed by atoms with Crippen molar-refractivity contribution in [1.29, 1.82) is 0 Å². The van der Waals surface area contributed by atoms with E-state index in [-0.39, 0.29) is 61.3 Å². The number of amides is 2. The lowest BCUT2D eigenvalue weighted by Gasteiger charge is -2.33. The molecule has 0 aliphatic carbocycles. The van der Waals surface area contributed by atoms with E-state index in [2.05, 4.69) is 0 Å². The number of Topliss-reactive ketones (excluding diaryl/α,β-unsaturated/α-hetero) is 1. The standard InChI is InChI=1S/C21H26N4O5S2/c1-23-14-17(13-18(23)21(22)28)32(29,30)25-11-9-24(10-12-25)20(27)8-7-19(26)15-3-5-16(31-2)6-4-15/h3-6,13-14H,7-12H2,1-2H3,(H2,22,28). The van der Waals surface area contributed by atoms with E-state index in [9.17, 15) is 22.8 Å². The van der Waals surface area contributed by atoms with Crippen LogP contribution in [0.15, 0.2) is 46.3 Å². The average Bonchev–Trinajstić information content (AvgIpc) is 3.20. The van der Waals surface area contributed by atoms with E-state index in [4.69, 9.17) is 5.73 Å². The zero-order valence-corrected chi connectivity index (χ0v) is 19.6. The van der Waals surface area contributed by atoms with Gasteiger partial charge in [0.2, 0.25) is 15.9 Å². The molecule has 1 aromatic carbocycles. The summed E-state index contributed by atoms with van der Waals surface area (Å²) in [6.45, 7) is 0.756. The van der Waals surface area contributed by atoms with Crippen molar-refractivity contribution in [2.24, 2.45) is 12.8 Å². The summed E-state index contributed by atoms with van der Waals surface area (Å²) in [5.41, 5.74) is 5.94. The predicted octanol–water partition coefficient (Wildman–Crippen LogP) is 1.34. The summed E-state index contributed by atoms with van der Waals surface area (Å²) >= 11 is 1.59. The molecular formula is C21H26N4O5S2. The van der Waals surface area contributed by atoms with Crippen LogP contribution in [0.5, 0.6) is 0 Å². The van der Waals surface area contributed by atoms with Crippen LogP contribution in [0.1, 0.15) is 33.7 Å². The highest BCUT2D eigenvalue weighted by Gasteiger charge is 2.31. The first kappa shape index (κ1) is 24.0. The van der Waals surface area contributed by atoms with Crippen molar-refractivity contribution in [1.82, 2.24) is 13.8 Å². The van der Waals surface area contributed by atoms with Crippen LogP contribution in [0.4, 0.5) is 0 Å². The van der Waals surface area contributed by atoms with Crippen LogP contribution in [0.2, 0.25) is 0 Å². The number of ketones is 1. The molecule has 2 amide bonds. The maximum absolute atomic E-state index is 12.9. The van der Waals surface area contributed by atoms with Crippen molar-refractivity contribution >= 4 is 39.4 Å². The molecule has 0 atom stereocenters. The molecule has 2 heterocycles. The van der Waals surface area contributed by atoms with E-state index < -0.39 is 15.9 Å². The smallest absolute Gasteiger partial charge is 0.265 e. The second-order valence-electron chi connectivity index (χ2n) is 7.47. The molecule has 1 fully saturated rings. The van der Waals surface area contributed by atoms with Crippen LogP contribution in [0.3, 0.4) is 0 Å². The molecule has 0 saturated carbocycles. The number of carbonyl (C=O) groups excluding carboxylic acids is 3. The molecule has 0 radical (unpaired) electrons. The predicted molar refractivity (Wildman–Crippen MR) is 121 cm³/mol. The van der Waals surface area contributed by atoms with Gasteiger partial charge in [-0.05, 0) is 24.5 Å². The summed E-state index contributed by atoms with van der Waals surface area (Å²) < 4.78 is 28.4. The largest absolute Gasteiger partial charge is 0.364 e. The lowest BCUT2D eigenvalue weighted by molar-refractivity contribution is -0.132. The van der Waals surface area contributed by atoms with Gasteiger partial charge in [0.25, 0.3) is 5.91 Å². The Bertz CT molecular complexity index is 1120. The maximum atomic E-state index is 12.9. The number of hydrogen-bond acceptors (Lipinski definition) is 6. The van der Waals surface area contributed by atoms with Crippen LogP contribution >= 0.6 is 11.8 Å². The molecule has 1 aliphatic heterocycles. The lowest BCUT2D eigenvalue weighted by atomic mass is 10.1. The summed E-state index contributed by atoms with van der Waals surface area (Å²) in [6, 6.07) is 8.52. The van der Waals surface area contributed by atoms with E-state index in [1.54, 1.807) is 35.8 Å². The molecule has 0 bridgehead atoms. The second-order valence-corrected chi connectivity index (χ2v) is 10.3. The van der Waals surface area contributed by atoms with Gasteiger partial charge < -0.3 is 15.2 Å². The van der Waals surface area contributed by atoms with Crippen LogP contribution in [0.25, 0.3) is 0 Å². The molecule has 32 heavy (non-hydrogen) atoms. The maximum Gasteiger partial charge on any atom is 0.265 e. The quantitative estimate of drug-likeness (QED) is 0.451. The van der Waals surface area contributed by atoms with Crippen molar-refractivity contribution in [3.8, 4) is 0 Å². The monoisotopic (exact) mass is 478 g/mol. The molecule has 1 aliphatic rings. The van der Waals surface area contributed by atoms with E-state index in [0.717, 1.165) is 4.90 Å². The Morgan fingerprint density at radius 3 is 2.19 bits per heavy atom. The van der Waals surface area contributed by atoms with Gasteiger partial charge in [0.05, 0.1) is 0 Å². The van der Waals surface area contributed by atoms with E-state index in [1.165, 1.54) is 21.1 Å². The first-order valence-corrected chi connectivity index (χ1v) is 12.7. The van der Waals surface area contributed by atoms with Crippen molar-refractivity contribution in [2.75, 3.05) is 32.4 Å². The van der Waals surface area contributed by atoms with Crippen molar-refractivity contribution in [2.45, 2.75) is 22.6 Å². The Morgan fingerprint density at radius 2 is 1.66 bits per heavy atom. The summed E-state index contributed by atoms with van der Waals surface area (Å²) in [6.07, 6.45) is 3.50. The number of piperazine rings is 1. The van der Waals surface area contributed by atoms with Gasteiger partial charge >= 0.3 is 0 Å². The SMILES string of the molecule is CSc1ccc(C(=O)CCC(=O)N2CCN(S(=O)(=O)c3cc(C(N)=O)n(C)c3)CC2)cc1. The van der Waals surface area contributed by atoms with Crippen molar-refractivity contribution in [3.63, 3.8) is 0 Å². The van der Waals surface area contributed by atoms with Gasteiger partial charge in [0.1, 0.15) is 10.6 Å². The van der Waals surface area contributed by atoms with Gasteiger partial charge in [-0.1, -0.05) is 12.1 Å². The fraction of sp³-hybridized carbons (Fsp3) is 0.381. The third kappa shape index (κ3) is 5.22. The van der Waals surface area contributed by atoms with Gasteiger partial charge in [-0.3, -0.25) is 14.4 Å². The normalized spacial score (nSPS) is 15.0. The average molecular weight is 479 g/mol. The Hall–Kier alpha value is -2.63. The van der Waals surface area contributed by atoms with Crippen LogP contribution in [-0.2, 0) is 21.9 Å². The van der Waals surface area contributed by atoms with Crippen molar-refractivity contribution in [3.05, 3.63) is 47.8 Å². The minimum atomic E-state index is -3.80. The van der Waals surface area contributed by atoms with Gasteiger partial charge in [0, 0.05) is 62.7 Å². The molecule has 172 valence electrons. The topological polar surface area (TPSA) is 123 Å². The molecule has 9 nitrogen and oxygen atoms in total. The van der Waals surface area contributed by atoms with E-state index >= 15 is 0 Å². The highest BCUT2D eigenvalue weighted by atomic mass is 32.2. The van der Waals surface area contributed by atoms with Gasteiger partial charge in [-0.2, -0.15) is 4.31 Å². The number of thioether (sulfide) groups is 1. The first-order chi connectivity index (χ1) is 15.1. The van der Waals surface area contributed by atoms with Crippen molar-refractivity contribution < 1.29 is 22.8 Å². The Balaban J connectivity index is 1.54. The summed E-state index contributed by atoms with van der Waals surface area (Å²) in [7, 11) is -2.25. The van der Waals surface area contributed by atoms with E-state index in [0.29, 0.717) is 5.56 Å². The highest BCUT2D eigenvalue weighted by Crippen LogP contribution is 2.21. The van der Waals surface area contributed by atoms with Gasteiger partial charge in [0.15, 0.2) is 5.78 Å². The minimum Gasteiger partial charge on any atom is -0.364 e. The Kier molecular flexibility index (Phi) is 7.42. The number of aryl methyl sites for hydroxylation is 1. The molecule has 0 unspecified atom stereocenters. The zero-order valence-electron chi connectivity index (χ0n) is 18.0. The number of benzene rings is 1. The summed E-state index contributed by atoms with van der Waals surface area (Å²) in [4.78, 5) is 38.9. The molecular weight excluding hydrogens is 452 g/mol. The molecule has 1 saturated heterocycles. The molecule has 1 aromatic heterocycles. The van der Waals surface area contributed by atoms with Gasteiger partial charge in [-0.15, -0.1) is 11.8 Å². The van der Waals surface area contributed by atoms with Crippen LogP contribution in [0, 0.1) is 0 Å². The molecule has 2 aromatic rings. The molecule has 3 rings (SSSR count). The fourth-order valence-corrected chi connectivity index (χ4v) is 5.45. The third-order valence-electron chi connectivity index (χ3n) is 5.44. The Morgan fingerprint density at radius 1 is 1.03 bits per heavy atom. The Labute approximate surface area is 191 Å². The number of nitrogens with zero attached hydrogens (tertiary/aromatic N) is 3. The highest BCUT2D eigenvalue weighted by molar-refractivity contribution is 7.98. The summed E-state index contributed by atoms with van der Waals surface area (Å²) in [5, 5.41) is 0. The fourth-order valence-electron chi connectivity index (χ4n) is 3.55. The molecule has 11 heteroatoms. The number of rotatable bonds is 8. The number of aromatic nitrogens is 1. The number of primary amides is 1. The number of carbonyl (C=O) groups is 3. The zero-order chi connectivity index (χ0) is 23.5. The minimum absolute atomic E-state index is 0.00772. The van der Waals surface area contributed by atoms with Gasteiger partial charge in [-0.25, -0.2) is 8.42 Å². The second kappa shape index (κ2) is 9.88. The van der Waals surface area contributed by atoms with Crippen LogP contribution < -0.4 is 5.73 Å². The van der Waals surface area contributed by atoms with Crippen LogP contribution in [-0.4, -0.2) is 72.2 Å². The number of nitrogens with two attached hydrogens (primary N) is 1. The number of hydrogen-bond donors (Lipinski definition) is 1. The third-order valence-corrected chi connectivity index (χ3v) is 8.05. The van der Waals surface area contributed by atoms with E-state index in [1.807, 2.05) is 18.4 Å². The number of sulfonamides is 1. The molecule has 0 spiro atoms. The summed E-state index contributed by atoms with van der Waals surface area (Å²) in [5.74, 6) is -0.979.